The van der Waals surface area contributed by atoms with Crippen LogP contribution in [-0.4, -0.2) is 21.7 Å². The lowest BCUT2D eigenvalue weighted by molar-refractivity contribution is -0.139. The van der Waals surface area contributed by atoms with Gasteiger partial charge in [0.1, 0.15) is 0 Å². The number of carbonyl (C=O) groups is 1. The van der Waals surface area contributed by atoms with Crippen LogP contribution in [0.3, 0.4) is 0 Å². The van der Waals surface area contributed by atoms with E-state index in [0.29, 0.717) is 32.2 Å². The molecule has 0 spiro atoms. The van der Waals surface area contributed by atoms with Gasteiger partial charge in [0.15, 0.2) is 4.80 Å². The number of esters is 1. The smallest absolute Gasteiger partial charge is 0.338 e. The standard InChI is InChI=1S/C37H30ClN3O3S/c1-4-44-36(43)33-22(2)39-37-41(34(33)28-17-11-14-24-12-5-7-15-26(24)28)35(42)32(45-37)20-29-23(3)40(31-19-10-8-16-27(29)31)21-25-13-6-9-18-30(25)38/h5-20,34H,4,21H2,1-3H3/b32-20+/t34-/m1/s1. The third kappa shape index (κ3) is 4.93. The molecule has 45 heavy (non-hydrogen) atoms. The second-order valence-electron chi connectivity index (χ2n) is 11.1. The minimum absolute atomic E-state index is 0.201. The predicted molar refractivity (Wildman–Crippen MR) is 182 cm³/mol. The van der Waals surface area contributed by atoms with Crippen molar-refractivity contribution in [1.82, 2.24) is 9.13 Å². The first-order valence-corrected chi connectivity index (χ1v) is 16.1. The molecule has 0 N–H and O–H groups in total. The van der Waals surface area contributed by atoms with Crippen molar-refractivity contribution in [1.29, 1.82) is 0 Å². The number of aromatic nitrogens is 2. The average molecular weight is 632 g/mol. The van der Waals surface area contributed by atoms with Crippen LogP contribution in [-0.2, 0) is 16.1 Å². The van der Waals surface area contributed by atoms with Gasteiger partial charge in [-0.05, 0) is 60.9 Å². The Morgan fingerprint density at radius 1 is 0.956 bits per heavy atom. The van der Waals surface area contributed by atoms with E-state index in [-0.39, 0.29) is 12.2 Å². The molecular formula is C37H30ClN3O3S. The first-order chi connectivity index (χ1) is 21.9. The Bertz CT molecular complexity index is 2360. The van der Waals surface area contributed by atoms with Crippen LogP contribution in [0.5, 0.6) is 0 Å². The zero-order valence-electron chi connectivity index (χ0n) is 25.1. The topological polar surface area (TPSA) is 65.6 Å². The molecule has 0 amide bonds. The van der Waals surface area contributed by atoms with Crippen molar-refractivity contribution < 1.29 is 9.53 Å². The summed E-state index contributed by atoms with van der Waals surface area (Å²) in [7, 11) is 0. The van der Waals surface area contributed by atoms with Crippen LogP contribution in [0, 0.1) is 6.92 Å². The third-order valence-corrected chi connectivity index (χ3v) is 9.83. The van der Waals surface area contributed by atoms with Gasteiger partial charge in [-0.1, -0.05) is 102 Å². The van der Waals surface area contributed by atoms with E-state index in [1.54, 1.807) is 11.5 Å². The molecule has 6 aromatic rings. The van der Waals surface area contributed by atoms with Crippen molar-refractivity contribution >= 4 is 56.7 Å². The van der Waals surface area contributed by atoms with Crippen LogP contribution in [0.1, 0.15) is 42.3 Å². The van der Waals surface area contributed by atoms with Gasteiger partial charge in [0.2, 0.25) is 0 Å². The van der Waals surface area contributed by atoms with Crippen LogP contribution in [0.25, 0.3) is 27.8 Å². The van der Waals surface area contributed by atoms with Gasteiger partial charge in [-0.3, -0.25) is 9.36 Å². The highest BCUT2D eigenvalue weighted by molar-refractivity contribution is 7.07. The highest BCUT2D eigenvalue weighted by Gasteiger charge is 2.34. The number of fused-ring (bicyclic) bond motifs is 3. The number of ether oxygens (including phenoxy) is 1. The number of halogens is 1. The number of allylic oxidation sites excluding steroid dienone is 1. The number of carbonyl (C=O) groups excluding carboxylic acids is 1. The number of hydrogen-bond donors (Lipinski definition) is 0. The van der Waals surface area contributed by atoms with Crippen LogP contribution in [0.4, 0.5) is 0 Å². The van der Waals surface area contributed by atoms with Crippen molar-refractivity contribution in [2.24, 2.45) is 4.99 Å². The monoisotopic (exact) mass is 631 g/mol. The van der Waals surface area contributed by atoms with Crippen molar-refractivity contribution in [2.45, 2.75) is 33.4 Å². The molecule has 0 saturated carbocycles. The maximum Gasteiger partial charge on any atom is 0.338 e. The van der Waals surface area contributed by atoms with Gasteiger partial charge in [-0.15, -0.1) is 0 Å². The van der Waals surface area contributed by atoms with Crippen molar-refractivity contribution in [3.05, 3.63) is 149 Å². The van der Waals surface area contributed by atoms with Crippen LogP contribution in [0.15, 0.2) is 112 Å². The molecule has 1 aliphatic rings. The van der Waals surface area contributed by atoms with E-state index in [0.717, 1.165) is 44.1 Å². The highest BCUT2D eigenvalue weighted by atomic mass is 35.5. The molecule has 0 aliphatic carbocycles. The van der Waals surface area contributed by atoms with Gasteiger partial charge in [0.25, 0.3) is 5.56 Å². The maximum atomic E-state index is 14.4. The lowest BCUT2D eigenvalue weighted by Gasteiger charge is -2.25. The van der Waals surface area contributed by atoms with Gasteiger partial charge in [-0.25, -0.2) is 9.79 Å². The lowest BCUT2D eigenvalue weighted by Crippen LogP contribution is -2.40. The summed E-state index contributed by atoms with van der Waals surface area (Å²) in [5.41, 5.74) is 5.64. The van der Waals surface area contributed by atoms with Gasteiger partial charge in [0.05, 0.1) is 28.5 Å². The number of rotatable bonds is 6. The Kier molecular flexibility index (Phi) is 7.51. The fourth-order valence-corrected chi connectivity index (χ4v) is 7.57. The molecule has 0 saturated heterocycles. The van der Waals surface area contributed by atoms with E-state index in [1.165, 1.54) is 11.3 Å². The van der Waals surface area contributed by atoms with E-state index in [2.05, 4.69) is 23.6 Å². The molecule has 0 unspecified atom stereocenters. The number of para-hydroxylation sites is 1. The summed E-state index contributed by atoms with van der Waals surface area (Å²) in [4.78, 5) is 33.2. The minimum atomic E-state index is -0.684. The summed E-state index contributed by atoms with van der Waals surface area (Å²) in [6, 6.07) is 29.3. The molecule has 0 fully saturated rings. The Morgan fingerprint density at radius 3 is 2.47 bits per heavy atom. The van der Waals surface area contributed by atoms with Crippen LogP contribution >= 0.6 is 22.9 Å². The summed E-state index contributed by atoms with van der Waals surface area (Å²) in [5, 5.41) is 3.75. The molecule has 0 radical (unpaired) electrons. The third-order valence-electron chi connectivity index (χ3n) is 8.48. The molecule has 7 rings (SSSR count). The first-order valence-electron chi connectivity index (χ1n) is 14.9. The second-order valence-corrected chi connectivity index (χ2v) is 12.5. The molecule has 3 heterocycles. The zero-order chi connectivity index (χ0) is 31.2. The fourth-order valence-electron chi connectivity index (χ4n) is 6.35. The average Bonchev–Trinajstić information content (AvgIpc) is 3.49. The van der Waals surface area contributed by atoms with E-state index in [9.17, 15) is 9.59 Å². The molecular weight excluding hydrogens is 602 g/mol. The number of hydrogen-bond acceptors (Lipinski definition) is 5. The van der Waals surface area contributed by atoms with Crippen LogP contribution < -0.4 is 14.9 Å². The fraction of sp³-hybridized carbons (Fsp3) is 0.162. The van der Waals surface area contributed by atoms with Crippen molar-refractivity contribution in [3.63, 3.8) is 0 Å². The van der Waals surface area contributed by atoms with Crippen LogP contribution in [0.2, 0.25) is 5.02 Å². The molecule has 1 aliphatic heterocycles. The van der Waals surface area contributed by atoms with Gasteiger partial charge < -0.3 is 9.30 Å². The van der Waals surface area contributed by atoms with Gasteiger partial charge in [0, 0.05) is 33.7 Å². The minimum Gasteiger partial charge on any atom is -0.463 e. The first kappa shape index (κ1) is 29.0. The molecule has 4 aromatic carbocycles. The number of nitrogens with zero attached hydrogens (tertiary/aromatic N) is 3. The maximum absolute atomic E-state index is 14.4. The number of benzene rings is 4. The molecule has 224 valence electrons. The Morgan fingerprint density at radius 2 is 1.67 bits per heavy atom. The Balaban J connectivity index is 1.45. The van der Waals surface area contributed by atoms with Gasteiger partial charge in [-0.2, -0.15) is 0 Å². The molecule has 1 atom stereocenters. The summed E-state index contributed by atoms with van der Waals surface area (Å²) >= 11 is 7.88. The summed E-state index contributed by atoms with van der Waals surface area (Å²) in [5.74, 6) is -0.468. The normalized spacial score (nSPS) is 15.0. The van der Waals surface area contributed by atoms with Gasteiger partial charge >= 0.3 is 5.97 Å². The molecule has 8 heteroatoms. The molecule has 0 bridgehead atoms. The highest BCUT2D eigenvalue weighted by Crippen LogP contribution is 2.35. The summed E-state index contributed by atoms with van der Waals surface area (Å²) < 4.78 is 9.95. The quantitative estimate of drug-likeness (QED) is 0.188. The SMILES string of the molecule is CCOC(=O)C1=C(C)N=c2s/c(=C/c3c(C)n(Cc4ccccc4Cl)c4ccccc34)c(=O)n2[C@@H]1c1cccc2ccccc12. The molecule has 2 aromatic heterocycles. The van der Waals surface area contributed by atoms with E-state index < -0.39 is 12.0 Å². The van der Waals surface area contributed by atoms with E-state index >= 15 is 0 Å². The van der Waals surface area contributed by atoms with Crippen molar-refractivity contribution in [3.8, 4) is 0 Å². The van der Waals surface area contributed by atoms with E-state index in [1.807, 2.05) is 91.9 Å². The zero-order valence-corrected chi connectivity index (χ0v) is 26.7. The predicted octanol–water partition coefficient (Wildman–Crippen LogP) is 6.92. The molecule has 6 nitrogen and oxygen atoms in total. The lowest BCUT2D eigenvalue weighted by atomic mass is 9.91. The Labute approximate surface area is 268 Å². The largest absolute Gasteiger partial charge is 0.463 e. The van der Waals surface area contributed by atoms with Crippen molar-refractivity contribution in [2.75, 3.05) is 6.61 Å². The Hall–Kier alpha value is -4.72. The summed E-state index contributed by atoms with van der Waals surface area (Å²) in [6.45, 7) is 6.49. The number of thiazole rings is 1. The van der Waals surface area contributed by atoms with E-state index in [4.69, 9.17) is 21.3 Å². The second kappa shape index (κ2) is 11.7. The summed E-state index contributed by atoms with van der Waals surface area (Å²) in [6.07, 6.45) is 1.97.